The van der Waals surface area contributed by atoms with Crippen molar-refractivity contribution in [3.05, 3.63) is 48.0 Å². The van der Waals surface area contributed by atoms with E-state index in [0.29, 0.717) is 6.61 Å². The predicted molar refractivity (Wildman–Crippen MR) is 92.3 cm³/mol. The van der Waals surface area contributed by atoms with Gasteiger partial charge in [0.2, 0.25) is 0 Å². The zero-order valence-corrected chi connectivity index (χ0v) is 13.7. The normalized spacial score (nSPS) is 10.2. The first kappa shape index (κ1) is 16.0. The molecular weight excluding hydrogens is 276 g/mol. The Morgan fingerprint density at radius 1 is 1.00 bits per heavy atom. The lowest BCUT2D eigenvalue weighted by atomic mass is 10.2. The molecule has 2 rings (SSSR count). The molecule has 0 aliphatic heterocycles. The third kappa shape index (κ3) is 4.07. The number of methoxy groups -OCH3 is 1. The second kappa shape index (κ2) is 7.59. The number of nitrogens with one attached hydrogen (secondary N) is 1. The van der Waals surface area contributed by atoms with E-state index in [1.165, 1.54) is 5.69 Å². The molecule has 0 saturated carbocycles. The number of hydrogen-bond donors (Lipinski definition) is 1. The maximum absolute atomic E-state index is 5.60. The largest absolute Gasteiger partial charge is 0.493 e. The van der Waals surface area contributed by atoms with E-state index in [9.17, 15) is 0 Å². The van der Waals surface area contributed by atoms with Gasteiger partial charge in [0.05, 0.1) is 13.7 Å². The maximum Gasteiger partial charge on any atom is 0.161 e. The second-order valence-corrected chi connectivity index (χ2v) is 5.21. The lowest BCUT2D eigenvalue weighted by Gasteiger charge is -2.14. The van der Waals surface area contributed by atoms with Crippen LogP contribution in [0.5, 0.6) is 11.5 Å². The Kier molecular flexibility index (Phi) is 5.53. The van der Waals surface area contributed by atoms with Crippen LogP contribution in [0, 0.1) is 0 Å². The highest BCUT2D eigenvalue weighted by Crippen LogP contribution is 2.28. The molecule has 4 nitrogen and oxygen atoms in total. The molecule has 0 saturated heterocycles. The first-order valence-corrected chi connectivity index (χ1v) is 7.45. The van der Waals surface area contributed by atoms with Gasteiger partial charge in [0.25, 0.3) is 0 Å². The molecule has 0 aliphatic rings. The maximum atomic E-state index is 5.60. The number of rotatable bonds is 7. The second-order valence-electron chi connectivity index (χ2n) is 5.21. The monoisotopic (exact) mass is 300 g/mol. The van der Waals surface area contributed by atoms with Crippen LogP contribution in [0.15, 0.2) is 42.5 Å². The average molecular weight is 300 g/mol. The van der Waals surface area contributed by atoms with Gasteiger partial charge in [-0.2, -0.15) is 0 Å². The van der Waals surface area contributed by atoms with Crippen molar-refractivity contribution in [2.24, 2.45) is 0 Å². The van der Waals surface area contributed by atoms with Crippen LogP contribution in [-0.4, -0.2) is 27.8 Å². The highest BCUT2D eigenvalue weighted by molar-refractivity contribution is 5.54. The summed E-state index contributed by atoms with van der Waals surface area (Å²) in [4.78, 5) is 2.08. The van der Waals surface area contributed by atoms with Crippen molar-refractivity contribution >= 4 is 11.4 Å². The smallest absolute Gasteiger partial charge is 0.161 e. The van der Waals surface area contributed by atoms with Gasteiger partial charge in [0.15, 0.2) is 11.5 Å². The average Bonchev–Trinajstić information content (AvgIpc) is 2.54. The molecule has 22 heavy (non-hydrogen) atoms. The first-order valence-electron chi connectivity index (χ1n) is 7.45. The van der Waals surface area contributed by atoms with Gasteiger partial charge in [0.1, 0.15) is 0 Å². The standard InChI is InChI=1S/C18H24N2O2/c1-5-22-18-12-14(6-11-17(18)21-4)13-19-15-7-9-16(10-8-15)20(2)3/h6-12,19H,5,13H2,1-4H3. The van der Waals surface area contributed by atoms with E-state index < -0.39 is 0 Å². The number of anilines is 2. The van der Waals surface area contributed by atoms with E-state index in [0.717, 1.165) is 29.3 Å². The summed E-state index contributed by atoms with van der Waals surface area (Å²) in [6.07, 6.45) is 0. The van der Waals surface area contributed by atoms with E-state index in [1.54, 1.807) is 7.11 Å². The van der Waals surface area contributed by atoms with Crippen LogP contribution < -0.4 is 19.7 Å². The van der Waals surface area contributed by atoms with E-state index in [2.05, 4.69) is 34.5 Å². The van der Waals surface area contributed by atoms with Gasteiger partial charge in [-0.05, 0) is 48.9 Å². The van der Waals surface area contributed by atoms with Gasteiger partial charge in [0, 0.05) is 32.0 Å². The van der Waals surface area contributed by atoms with Crippen LogP contribution in [0.1, 0.15) is 12.5 Å². The lowest BCUT2D eigenvalue weighted by molar-refractivity contribution is 0.310. The summed E-state index contributed by atoms with van der Waals surface area (Å²) in [6.45, 7) is 3.33. The van der Waals surface area contributed by atoms with Gasteiger partial charge in [-0.25, -0.2) is 0 Å². The molecule has 0 heterocycles. The third-order valence-corrected chi connectivity index (χ3v) is 3.41. The van der Waals surface area contributed by atoms with Crippen molar-refractivity contribution in [2.45, 2.75) is 13.5 Å². The molecule has 0 atom stereocenters. The van der Waals surface area contributed by atoms with Crippen molar-refractivity contribution in [3.63, 3.8) is 0 Å². The van der Waals surface area contributed by atoms with Crippen LogP contribution in [0.4, 0.5) is 11.4 Å². The molecule has 0 aliphatic carbocycles. The molecule has 2 aromatic carbocycles. The highest BCUT2D eigenvalue weighted by Gasteiger charge is 2.05. The van der Waals surface area contributed by atoms with Gasteiger partial charge < -0.3 is 19.7 Å². The summed E-state index contributed by atoms with van der Waals surface area (Å²) >= 11 is 0. The van der Waals surface area contributed by atoms with Gasteiger partial charge in [-0.3, -0.25) is 0 Å². The number of benzene rings is 2. The highest BCUT2D eigenvalue weighted by atomic mass is 16.5. The molecule has 0 unspecified atom stereocenters. The molecular formula is C18H24N2O2. The molecule has 4 heteroatoms. The topological polar surface area (TPSA) is 33.7 Å². The zero-order chi connectivity index (χ0) is 15.9. The van der Waals surface area contributed by atoms with Crippen LogP contribution >= 0.6 is 0 Å². The molecule has 2 aromatic rings. The summed E-state index contributed by atoms with van der Waals surface area (Å²) in [5.41, 5.74) is 3.44. The van der Waals surface area contributed by atoms with Crippen LogP contribution in [0.2, 0.25) is 0 Å². The first-order chi connectivity index (χ1) is 10.6. The summed E-state index contributed by atoms with van der Waals surface area (Å²) in [7, 11) is 5.73. The fourth-order valence-corrected chi connectivity index (χ4v) is 2.18. The Hall–Kier alpha value is -2.36. The minimum Gasteiger partial charge on any atom is -0.493 e. The van der Waals surface area contributed by atoms with Gasteiger partial charge in [-0.15, -0.1) is 0 Å². The quantitative estimate of drug-likeness (QED) is 0.844. The number of hydrogen-bond acceptors (Lipinski definition) is 4. The van der Waals surface area contributed by atoms with Crippen LogP contribution in [0.3, 0.4) is 0 Å². The molecule has 118 valence electrons. The molecule has 0 aromatic heterocycles. The fraction of sp³-hybridized carbons (Fsp3) is 0.333. The van der Waals surface area contributed by atoms with Crippen molar-refractivity contribution in [1.82, 2.24) is 0 Å². The van der Waals surface area contributed by atoms with Crippen molar-refractivity contribution < 1.29 is 9.47 Å². The van der Waals surface area contributed by atoms with Crippen molar-refractivity contribution in [2.75, 3.05) is 38.0 Å². The zero-order valence-electron chi connectivity index (χ0n) is 13.7. The Bertz CT molecular complexity index is 595. The summed E-state index contributed by atoms with van der Waals surface area (Å²) in [5.74, 6) is 1.55. The Labute approximate surface area is 132 Å². The Balaban J connectivity index is 2.03. The van der Waals surface area contributed by atoms with Crippen molar-refractivity contribution in [1.29, 1.82) is 0 Å². The van der Waals surface area contributed by atoms with E-state index in [-0.39, 0.29) is 0 Å². The predicted octanol–water partition coefficient (Wildman–Crippen LogP) is 3.77. The SMILES string of the molecule is CCOc1cc(CNc2ccc(N(C)C)cc2)ccc1OC. The summed E-state index contributed by atoms with van der Waals surface area (Å²) < 4.78 is 10.9. The Morgan fingerprint density at radius 3 is 2.32 bits per heavy atom. The number of ether oxygens (including phenoxy) is 2. The third-order valence-electron chi connectivity index (χ3n) is 3.41. The minimum absolute atomic E-state index is 0.624. The van der Waals surface area contributed by atoms with Gasteiger partial charge in [-0.1, -0.05) is 6.07 Å². The molecule has 0 amide bonds. The summed E-state index contributed by atoms with van der Waals surface area (Å²) in [6, 6.07) is 14.4. The lowest BCUT2D eigenvalue weighted by Crippen LogP contribution is -2.08. The van der Waals surface area contributed by atoms with Gasteiger partial charge >= 0.3 is 0 Å². The summed E-state index contributed by atoms with van der Waals surface area (Å²) in [5, 5.41) is 3.42. The van der Waals surface area contributed by atoms with E-state index in [4.69, 9.17) is 9.47 Å². The van der Waals surface area contributed by atoms with Crippen molar-refractivity contribution in [3.8, 4) is 11.5 Å². The van der Waals surface area contributed by atoms with E-state index >= 15 is 0 Å². The van der Waals surface area contributed by atoms with E-state index in [1.807, 2.05) is 39.2 Å². The fourth-order valence-electron chi connectivity index (χ4n) is 2.18. The number of nitrogens with zero attached hydrogens (tertiary/aromatic N) is 1. The minimum atomic E-state index is 0.624. The molecule has 0 radical (unpaired) electrons. The van der Waals surface area contributed by atoms with Crippen LogP contribution in [0.25, 0.3) is 0 Å². The Morgan fingerprint density at radius 2 is 1.73 bits per heavy atom. The molecule has 0 fully saturated rings. The molecule has 1 N–H and O–H groups in total. The molecule has 0 spiro atoms. The van der Waals surface area contributed by atoms with Crippen LogP contribution in [-0.2, 0) is 6.54 Å². The molecule has 0 bridgehead atoms.